The van der Waals surface area contributed by atoms with Gasteiger partial charge in [0.15, 0.2) is 0 Å². The number of carbonyl (C=O) groups excluding carboxylic acids is 1. The third-order valence-corrected chi connectivity index (χ3v) is 2.56. The molecule has 1 aromatic rings. The average Bonchev–Trinajstić information content (AvgIpc) is 2.77. The van der Waals surface area contributed by atoms with Gasteiger partial charge in [0.1, 0.15) is 17.1 Å². The molecule has 7 nitrogen and oxygen atoms in total. The number of carboxylic acids is 1. The van der Waals surface area contributed by atoms with Crippen molar-refractivity contribution in [1.29, 1.82) is 0 Å². The fourth-order valence-electron chi connectivity index (χ4n) is 1.53. The van der Waals surface area contributed by atoms with Crippen LogP contribution in [0.25, 0.3) is 0 Å². The highest BCUT2D eigenvalue weighted by atomic mass is 16.5. The summed E-state index contributed by atoms with van der Waals surface area (Å²) in [6.07, 6.45) is 0.231. The number of aryl methyl sites for hydroxylation is 1. The molecule has 1 heterocycles. The van der Waals surface area contributed by atoms with E-state index in [9.17, 15) is 9.59 Å². The summed E-state index contributed by atoms with van der Waals surface area (Å²) in [5.41, 5.74) is 0.108. The molecule has 1 aromatic heterocycles. The number of amides is 1. The molecule has 0 saturated carbocycles. The summed E-state index contributed by atoms with van der Waals surface area (Å²) in [4.78, 5) is 22.3. The maximum atomic E-state index is 11.5. The van der Waals surface area contributed by atoms with Crippen LogP contribution in [0.1, 0.15) is 28.3 Å². The third kappa shape index (κ3) is 5.41. The van der Waals surface area contributed by atoms with Gasteiger partial charge in [0.2, 0.25) is 5.91 Å². The van der Waals surface area contributed by atoms with Gasteiger partial charge < -0.3 is 24.3 Å². The van der Waals surface area contributed by atoms with E-state index in [1.807, 2.05) is 0 Å². The van der Waals surface area contributed by atoms with E-state index < -0.39 is 5.97 Å². The van der Waals surface area contributed by atoms with Crippen molar-refractivity contribution in [2.45, 2.75) is 19.9 Å². The molecule has 2 N–H and O–H groups in total. The molecule has 7 heteroatoms. The van der Waals surface area contributed by atoms with E-state index in [2.05, 4.69) is 5.32 Å². The summed E-state index contributed by atoms with van der Waals surface area (Å²) < 4.78 is 15.2. The Morgan fingerprint density at radius 2 is 2.10 bits per heavy atom. The van der Waals surface area contributed by atoms with Crippen LogP contribution in [0.4, 0.5) is 0 Å². The zero-order chi connectivity index (χ0) is 15.0. The molecular weight excluding hydrogens is 266 g/mol. The van der Waals surface area contributed by atoms with Crippen molar-refractivity contribution in [3.8, 4) is 0 Å². The first kappa shape index (κ1) is 16.2. The predicted molar refractivity (Wildman–Crippen MR) is 69.6 cm³/mol. The highest BCUT2D eigenvalue weighted by molar-refractivity contribution is 5.88. The molecule has 0 unspecified atom stereocenters. The first-order valence-electron chi connectivity index (χ1n) is 6.20. The fourth-order valence-corrected chi connectivity index (χ4v) is 1.53. The van der Waals surface area contributed by atoms with Crippen LogP contribution in [0.5, 0.6) is 0 Å². The van der Waals surface area contributed by atoms with Gasteiger partial charge in [-0.15, -0.1) is 0 Å². The lowest BCUT2D eigenvalue weighted by Crippen LogP contribution is -2.24. The van der Waals surface area contributed by atoms with E-state index in [0.29, 0.717) is 31.3 Å². The zero-order valence-electron chi connectivity index (χ0n) is 11.6. The Morgan fingerprint density at radius 1 is 1.35 bits per heavy atom. The van der Waals surface area contributed by atoms with Crippen LogP contribution in [0.3, 0.4) is 0 Å². The summed E-state index contributed by atoms with van der Waals surface area (Å²) in [7, 11) is 1.58. The molecule has 0 bridgehead atoms. The van der Waals surface area contributed by atoms with Crippen LogP contribution in [-0.4, -0.2) is 43.9 Å². The van der Waals surface area contributed by atoms with Crippen molar-refractivity contribution < 1.29 is 28.6 Å². The number of nitrogens with one attached hydrogen (secondary N) is 1. The Morgan fingerprint density at radius 3 is 2.70 bits per heavy atom. The van der Waals surface area contributed by atoms with Crippen molar-refractivity contribution in [2.75, 3.05) is 26.9 Å². The summed E-state index contributed by atoms with van der Waals surface area (Å²) in [5, 5.41) is 11.5. The minimum Gasteiger partial charge on any atom is -0.478 e. The van der Waals surface area contributed by atoms with Crippen molar-refractivity contribution in [3.63, 3.8) is 0 Å². The standard InChI is InChI=1S/C13H19NO6/c1-9-11(13(16)17)7-10(20-9)8-14-12(15)3-4-19-6-5-18-2/h7H,3-6,8H2,1-2H3,(H,14,15)(H,16,17). The highest BCUT2D eigenvalue weighted by Gasteiger charge is 2.13. The smallest absolute Gasteiger partial charge is 0.339 e. The van der Waals surface area contributed by atoms with E-state index in [0.717, 1.165) is 0 Å². The van der Waals surface area contributed by atoms with Gasteiger partial charge in [-0.2, -0.15) is 0 Å². The quantitative estimate of drug-likeness (QED) is 0.656. The number of ether oxygens (including phenoxy) is 2. The normalized spacial score (nSPS) is 10.5. The number of furan rings is 1. The lowest BCUT2D eigenvalue weighted by atomic mass is 10.2. The van der Waals surface area contributed by atoms with Crippen LogP contribution in [0, 0.1) is 6.92 Å². The molecule has 0 aliphatic carbocycles. The topological polar surface area (TPSA) is 98.0 Å². The molecule has 0 atom stereocenters. The second-order valence-electron chi connectivity index (χ2n) is 4.12. The van der Waals surface area contributed by atoms with E-state index in [4.69, 9.17) is 19.0 Å². The van der Waals surface area contributed by atoms with Gasteiger partial charge in [-0.3, -0.25) is 4.79 Å². The summed E-state index contributed by atoms with van der Waals surface area (Å²) >= 11 is 0. The van der Waals surface area contributed by atoms with Crippen molar-refractivity contribution in [2.24, 2.45) is 0 Å². The van der Waals surface area contributed by atoms with Crippen molar-refractivity contribution in [3.05, 3.63) is 23.2 Å². The molecule has 1 rings (SSSR count). The van der Waals surface area contributed by atoms with Gasteiger partial charge in [-0.05, 0) is 13.0 Å². The number of carboxylic acid groups (broad SMARTS) is 1. The van der Waals surface area contributed by atoms with Gasteiger partial charge in [0.05, 0.1) is 26.4 Å². The summed E-state index contributed by atoms with van der Waals surface area (Å²) in [6, 6.07) is 1.41. The Labute approximate surface area is 116 Å². The average molecular weight is 285 g/mol. The molecule has 20 heavy (non-hydrogen) atoms. The first-order chi connectivity index (χ1) is 9.54. The maximum Gasteiger partial charge on any atom is 0.339 e. The maximum absolute atomic E-state index is 11.5. The Kier molecular flexibility index (Phi) is 6.75. The molecule has 0 radical (unpaired) electrons. The van der Waals surface area contributed by atoms with Crippen molar-refractivity contribution >= 4 is 11.9 Å². The molecule has 1 amide bonds. The van der Waals surface area contributed by atoms with E-state index in [-0.39, 0.29) is 24.4 Å². The predicted octanol–water partition coefficient (Wildman–Crippen LogP) is 0.956. The Hall–Kier alpha value is -1.86. The molecule has 0 aliphatic rings. The monoisotopic (exact) mass is 285 g/mol. The summed E-state index contributed by atoms with van der Waals surface area (Å²) in [6.45, 7) is 2.98. The van der Waals surface area contributed by atoms with E-state index in [1.165, 1.54) is 6.07 Å². The lowest BCUT2D eigenvalue weighted by Gasteiger charge is -2.04. The van der Waals surface area contributed by atoms with Crippen LogP contribution >= 0.6 is 0 Å². The highest BCUT2D eigenvalue weighted by Crippen LogP contribution is 2.14. The van der Waals surface area contributed by atoms with Crippen molar-refractivity contribution in [1.82, 2.24) is 5.32 Å². The summed E-state index contributed by atoms with van der Waals surface area (Å²) in [5.74, 6) is -0.498. The number of rotatable bonds is 9. The number of hydrogen-bond acceptors (Lipinski definition) is 5. The molecule has 0 fully saturated rings. The first-order valence-corrected chi connectivity index (χ1v) is 6.20. The van der Waals surface area contributed by atoms with Crippen LogP contribution in [0.15, 0.2) is 10.5 Å². The Balaban J connectivity index is 2.27. The molecular formula is C13H19NO6. The molecule has 112 valence electrons. The SMILES string of the molecule is COCCOCCC(=O)NCc1cc(C(=O)O)c(C)o1. The minimum absolute atomic E-state index is 0.108. The second kappa shape index (κ2) is 8.34. The second-order valence-corrected chi connectivity index (χ2v) is 4.12. The Bertz CT molecular complexity index is 454. The third-order valence-electron chi connectivity index (χ3n) is 2.56. The molecule has 0 aliphatic heterocycles. The number of aromatic carboxylic acids is 1. The van der Waals surface area contributed by atoms with Crippen LogP contribution in [0.2, 0.25) is 0 Å². The largest absolute Gasteiger partial charge is 0.478 e. The van der Waals surface area contributed by atoms with Crippen LogP contribution < -0.4 is 5.32 Å². The zero-order valence-corrected chi connectivity index (χ0v) is 11.6. The number of hydrogen-bond donors (Lipinski definition) is 2. The van der Waals surface area contributed by atoms with Gasteiger partial charge in [0.25, 0.3) is 0 Å². The van der Waals surface area contributed by atoms with Gasteiger partial charge in [-0.25, -0.2) is 4.79 Å². The molecule has 0 aromatic carbocycles. The van der Waals surface area contributed by atoms with Gasteiger partial charge >= 0.3 is 5.97 Å². The van der Waals surface area contributed by atoms with Crippen LogP contribution in [-0.2, 0) is 20.8 Å². The molecule has 0 spiro atoms. The minimum atomic E-state index is -1.05. The van der Waals surface area contributed by atoms with E-state index in [1.54, 1.807) is 14.0 Å². The van der Waals surface area contributed by atoms with Gasteiger partial charge in [-0.1, -0.05) is 0 Å². The van der Waals surface area contributed by atoms with E-state index >= 15 is 0 Å². The lowest BCUT2D eigenvalue weighted by molar-refractivity contribution is -0.122. The molecule has 0 saturated heterocycles. The van der Waals surface area contributed by atoms with Gasteiger partial charge in [0, 0.05) is 13.5 Å². The number of methoxy groups -OCH3 is 1. The fraction of sp³-hybridized carbons (Fsp3) is 0.538. The number of carbonyl (C=O) groups is 2.